The molecule has 4 aromatic carbocycles. The summed E-state index contributed by atoms with van der Waals surface area (Å²) in [5.74, 6) is 0.971. The fourth-order valence-electron chi connectivity index (χ4n) is 4.49. The molecule has 0 heterocycles. The Kier molecular flexibility index (Phi) is 12.1. The summed E-state index contributed by atoms with van der Waals surface area (Å²) in [6.45, 7) is 6.39. The third-order valence-corrected chi connectivity index (χ3v) is 9.51. The van der Waals surface area contributed by atoms with Crippen LogP contribution in [0.3, 0.4) is 0 Å². The van der Waals surface area contributed by atoms with Crippen molar-refractivity contribution < 1.29 is 34.7 Å². The van der Waals surface area contributed by atoms with Crippen LogP contribution in [0.2, 0.25) is 0 Å². The molecule has 4 aromatic rings. The molecule has 0 spiro atoms. The Morgan fingerprint density at radius 3 is 1.78 bits per heavy atom. The number of para-hydroxylation sites is 2. The van der Waals surface area contributed by atoms with Crippen LogP contribution in [-0.2, 0) is 35.1 Å². The summed E-state index contributed by atoms with van der Waals surface area (Å²) in [6, 6.07) is 29.5. The van der Waals surface area contributed by atoms with E-state index in [1.807, 2.05) is 62.1 Å². The molecule has 1 atom stereocenters. The van der Waals surface area contributed by atoms with Gasteiger partial charge in [0.2, 0.25) is 0 Å². The molecule has 240 valence electrons. The van der Waals surface area contributed by atoms with Crippen molar-refractivity contribution in [1.29, 1.82) is 0 Å². The van der Waals surface area contributed by atoms with E-state index in [0.29, 0.717) is 24.7 Å². The summed E-state index contributed by atoms with van der Waals surface area (Å²) in [5, 5.41) is 0. The second-order valence-corrected chi connectivity index (χ2v) is 13.7. The molecule has 0 amide bonds. The standard InChI is InChI=1S/C34H39NO8S2/c1-4-40-33-12-8-9-13-34(33)41-26-30(43-45(38,39)32-20-16-28(3)17-21-32)25-35(24-29-10-6-5-7-11-29)22-23-42-44(36,37)31-18-14-27(2)15-19-31/h5-21,30H,4,22-26H2,1-3H3. The molecule has 0 aromatic heterocycles. The predicted octanol–water partition coefficient (Wildman–Crippen LogP) is 5.76. The molecule has 4 rings (SSSR count). The van der Waals surface area contributed by atoms with E-state index in [9.17, 15) is 16.8 Å². The molecule has 9 nitrogen and oxygen atoms in total. The number of aryl methyl sites for hydroxylation is 2. The lowest BCUT2D eigenvalue weighted by molar-refractivity contribution is 0.0806. The van der Waals surface area contributed by atoms with Crippen LogP contribution in [0.25, 0.3) is 0 Å². The normalized spacial score (nSPS) is 12.6. The third-order valence-electron chi connectivity index (χ3n) is 6.81. The van der Waals surface area contributed by atoms with Crippen LogP contribution in [0.5, 0.6) is 11.5 Å². The molecule has 0 N–H and O–H groups in total. The second-order valence-electron chi connectivity index (χ2n) is 10.5. The van der Waals surface area contributed by atoms with Crippen molar-refractivity contribution in [2.75, 3.05) is 32.9 Å². The molecule has 0 bridgehead atoms. The quantitative estimate of drug-likeness (QED) is 0.131. The number of hydrogen-bond donors (Lipinski definition) is 0. The molecule has 1 unspecified atom stereocenters. The number of hydrogen-bond acceptors (Lipinski definition) is 9. The van der Waals surface area contributed by atoms with Crippen molar-refractivity contribution in [3.05, 3.63) is 120 Å². The largest absolute Gasteiger partial charge is 0.490 e. The second kappa shape index (κ2) is 16.0. The van der Waals surface area contributed by atoms with E-state index in [0.717, 1.165) is 16.7 Å². The van der Waals surface area contributed by atoms with Gasteiger partial charge in [-0.25, -0.2) is 0 Å². The molecular weight excluding hydrogens is 615 g/mol. The van der Waals surface area contributed by atoms with Crippen molar-refractivity contribution in [3.63, 3.8) is 0 Å². The first-order valence-corrected chi connectivity index (χ1v) is 17.4. The van der Waals surface area contributed by atoms with E-state index in [1.165, 1.54) is 24.3 Å². The van der Waals surface area contributed by atoms with Gasteiger partial charge in [-0.1, -0.05) is 77.9 Å². The Morgan fingerprint density at radius 1 is 0.667 bits per heavy atom. The van der Waals surface area contributed by atoms with Gasteiger partial charge in [-0.15, -0.1) is 0 Å². The summed E-state index contributed by atoms with van der Waals surface area (Å²) >= 11 is 0. The highest BCUT2D eigenvalue weighted by molar-refractivity contribution is 7.87. The molecule has 0 saturated heterocycles. The van der Waals surface area contributed by atoms with Crippen molar-refractivity contribution >= 4 is 20.2 Å². The van der Waals surface area contributed by atoms with E-state index in [2.05, 4.69) is 0 Å². The lowest BCUT2D eigenvalue weighted by Gasteiger charge is -2.27. The van der Waals surface area contributed by atoms with Crippen LogP contribution >= 0.6 is 0 Å². The summed E-state index contributed by atoms with van der Waals surface area (Å²) in [4.78, 5) is 1.97. The zero-order valence-electron chi connectivity index (χ0n) is 25.7. The Morgan fingerprint density at radius 2 is 1.20 bits per heavy atom. The van der Waals surface area contributed by atoms with E-state index < -0.39 is 26.3 Å². The van der Waals surface area contributed by atoms with Crippen LogP contribution in [0.1, 0.15) is 23.6 Å². The highest BCUT2D eigenvalue weighted by Crippen LogP contribution is 2.27. The number of rotatable bonds is 17. The fraction of sp³-hybridized carbons (Fsp3) is 0.294. The topological polar surface area (TPSA) is 108 Å². The van der Waals surface area contributed by atoms with Gasteiger partial charge in [0.15, 0.2) is 11.5 Å². The molecule has 0 radical (unpaired) electrons. The minimum absolute atomic E-state index is 0.0231. The zero-order chi connectivity index (χ0) is 32.3. The van der Waals surface area contributed by atoms with Crippen molar-refractivity contribution in [1.82, 2.24) is 4.90 Å². The van der Waals surface area contributed by atoms with Gasteiger partial charge < -0.3 is 9.47 Å². The Hall–Kier alpha value is -3.74. The van der Waals surface area contributed by atoms with Crippen LogP contribution < -0.4 is 9.47 Å². The zero-order valence-corrected chi connectivity index (χ0v) is 27.3. The van der Waals surface area contributed by atoms with Gasteiger partial charge in [0.05, 0.1) is 23.0 Å². The first-order chi connectivity index (χ1) is 21.6. The van der Waals surface area contributed by atoms with E-state index >= 15 is 0 Å². The smallest absolute Gasteiger partial charge is 0.297 e. The SMILES string of the molecule is CCOc1ccccc1OCC(CN(CCOS(=O)(=O)c1ccc(C)cc1)Cc1ccccc1)OS(=O)(=O)c1ccc(C)cc1. The number of ether oxygens (including phenoxy) is 2. The molecule has 0 fully saturated rings. The van der Waals surface area contributed by atoms with Crippen LogP contribution in [-0.4, -0.2) is 60.7 Å². The van der Waals surface area contributed by atoms with Crippen LogP contribution in [0, 0.1) is 13.8 Å². The summed E-state index contributed by atoms with van der Waals surface area (Å²) in [7, 11) is -8.16. The summed E-state index contributed by atoms with van der Waals surface area (Å²) in [5.41, 5.74) is 2.79. The van der Waals surface area contributed by atoms with Gasteiger partial charge in [0, 0.05) is 19.6 Å². The number of benzene rings is 4. The van der Waals surface area contributed by atoms with Gasteiger partial charge >= 0.3 is 0 Å². The highest BCUT2D eigenvalue weighted by Gasteiger charge is 2.26. The molecule has 45 heavy (non-hydrogen) atoms. The van der Waals surface area contributed by atoms with E-state index in [4.69, 9.17) is 17.8 Å². The van der Waals surface area contributed by atoms with Crippen molar-refractivity contribution in [2.45, 2.75) is 43.2 Å². The maximum Gasteiger partial charge on any atom is 0.297 e. The molecular formula is C34H39NO8S2. The Labute approximate surface area is 266 Å². The van der Waals surface area contributed by atoms with Gasteiger partial charge in [-0.2, -0.15) is 16.8 Å². The first kappa shape index (κ1) is 34.1. The van der Waals surface area contributed by atoms with Crippen LogP contribution in [0.15, 0.2) is 113 Å². The monoisotopic (exact) mass is 653 g/mol. The minimum atomic E-state index is -4.17. The molecule has 0 aliphatic carbocycles. The number of nitrogens with zero attached hydrogens (tertiary/aromatic N) is 1. The maximum absolute atomic E-state index is 13.4. The lowest BCUT2D eigenvalue weighted by atomic mass is 10.2. The third kappa shape index (κ3) is 10.4. The van der Waals surface area contributed by atoms with Crippen molar-refractivity contribution in [2.24, 2.45) is 0 Å². The Balaban J connectivity index is 1.56. The van der Waals surface area contributed by atoms with Crippen molar-refractivity contribution in [3.8, 4) is 11.5 Å². The van der Waals surface area contributed by atoms with Gasteiger partial charge in [-0.3, -0.25) is 13.3 Å². The van der Waals surface area contributed by atoms with Crippen LogP contribution in [0.4, 0.5) is 0 Å². The fourth-order valence-corrected chi connectivity index (χ4v) is 6.45. The van der Waals surface area contributed by atoms with E-state index in [-0.39, 0.29) is 36.1 Å². The minimum Gasteiger partial charge on any atom is -0.490 e. The molecule has 0 aliphatic heterocycles. The molecule has 0 aliphatic rings. The van der Waals surface area contributed by atoms with E-state index in [1.54, 1.807) is 42.5 Å². The summed E-state index contributed by atoms with van der Waals surface area (Å²) < 4.78 is 75.3. The van der Waals surface area contributed by atoms with Gasteiger partial charge in [0.25, 0.3) is 20.2 Å². The average molecular weight is 654 g/mol. The highest BCUT2D eigenvalue weighted by atomic mass is 32.2. The van der Waals surface area contributed by atoms with Gasteiger partial charge in [0.1, 0.15) is 12.7 Å². The molecule has 11 heteroatoms. The average Bonchev–Trinajstić information content (AvgIpc) is 3.01. The lowest BCUT2D eigenvalue weighted by Crippen LogP contribution is -2.40. The van der Waals surface area contributed by atoms with Gasteiger partial charge in [-0.05, 0) is 62.7 Å². The molecule has 0 saturated carbocycles. The summed E-state index contributed by atoms with van der Waals surface area (Å²) in [6.07, 6.45) is -0.969. The first-order valence-electron chi connectivity index (χ1n) is 14.6. The predicted molar refractivity (Wildman–Crippen MR) is 172 cm³/mol. The Bertz CT molecular complexity index is 1710. The maximum atomic E-state index is 13.4.